The number of nitrogen functional groups attached to an aromatic ring is 1. The predicted molar refractivity (Wildman–Crippen MR) is 78.3 cm³/mol. The minimum atomic E-state index is -0.201. The summed E-state index contributed by atoms with van der Waals surface area (Å²) >= 11 is 0. The van der Waals surface area contributed by atoms with E-state index in [4.69, 9.17) is 5.73 Å². The Bertz CT molecular complexity index is 692. The highest BCUT2D eigenvalue weighted by atomic mass is 16.2. The fraction of sp³-hybridized carbons (Fsp3) is 0.200. The summed E-state index contributed by atoms with van der Waals surface area (Å²) in [6.45, 7) is 0.444. The maximum atomic E-state index is 12.2. The SMILES string of the molecule is CN(Cc1cccc(N)c1)C(=O)c1ccn(C)c(=O)c1. The first kappa shape index (κ1) is 13.9. The minimum Gasteiger partial charge on any atom is -0.399 e. The van der Waals surface area contributed by atoms with Crippen LogP contribution >= 0.6 is 0 Å². The van der Waals surface area contributed by atoms with Gasteiger partial charge in [0.05, 0.1) is 0 Å². The number of anilines is 1. The van der Waals surface area contributed by atoms with Crippen LogP contribution in [0, 0.1) is 0 Å². The first-order valence-electron chi connectivity index (χ1n) is 6.24. The van der Waals surface area contributed by atoms with Crippen LogP contribution in [-0.2, 0) is 13.6 Å². The molecule has 2 aromatic rings. The van der Waals surface area contributed by atoms with E-state index >= 15 is 0 Å². The molecule has 0 aliphatic heterocycles. The van der Waals surface area contributed by atoms with Gasteiger partial charge in [-0.25, -0.2) is 0 Å². The molecule has 0 saturated carbocycles. The first-order valence-corrected chi connectivity index (χ1v) is 6.24. The first-order chi connectivity index (χ1) is 9.47. The number of rotatable bonds is 3. The second kappa shape index (κ2) is 5.61. The lowest BCUT2D eigenvalue weighted by molar-refractivity contribution is 0.0785. The molecule has 0 spiro atoms. The molecular weight excluding hydrogens is 254 g/mol. The van der Waals surface area contributed by atoms with Crippen molar-refractivity contribution in [1.29, 1.82) is 0 Å². The van der Waals surface area contributed by atoms with Gasteiger partial charge < -0.3 is 15.2 Å². The lowest BCUT2D eigenvalue weighted by Crippen LogP contribution is -2.28. The van der Waals surface area contributed by atoms with Gasteiger partial charge in [-0.2, -0.15) is 0 Å². The summed E-state index contributed by atoms with van der Waals surface area (Å²) < 4.78 is 1.43. The maximum absolute atomic E-state index is 12.2. The van der Waals surface area contributed by atoms with Crippen molar-refractivity contribution in [2.75, 3.05) is 12.8 Å². The van der Waals surface area contributed by atoms with Gasteiger partial charge in [0.2, 0.25) is 0 Å². The van der Waals surface area contributed by atoms with Crippen LogP contribution < -0.4 is 11.3 Å². The van der Waals surface area contributed by atoms with Gasteiger partial charge in [-0.1, -0.05) is 12.1 Å². The van der Waals surface area contributed by atoms with E-state index in [1.54, 1.807) is 37.3 Å². The second-order valence-electron chi connectivity index (χ2n) is 4.77. The Morgan fingerprint density at radius 3 is 2.70 bits per heavy atom. The highest BCUT2D eigenvalue weighted by molar-refractivity contribution is 5.93. The molecule has 0 saturated heterocycles. The molecule has 1 amide bonds. The van der Waals surface area contributed by atoms with E-state index in [-0.39, 0.29) is 11.5 Å². The summed E-state index contributed by atoms with van der Waals surface area (Å²) in [6, 6.07) is 10.4. The van der Waals surface area contributed by atoms with E-state index in [0.29, 0.717) is 17.8 Å². The molecular formula is C15H17N3O2. The monoisotopic (exact) mass is 271 g/mol. The van der Waals surface area contributed by atoms with E-state index < -0.39 is 0 Å². The second-order valence-corrected chi connectivity index (χ2v) is 4.77. The Morgan fingerprint density at radius 1 is 1.30 bits per heavy atom. The summed E-state index contributed by atoms with van der Waals surface area (Å²) in [7, 11) is 3.34. The number of benzene rings is 1. The third-order valence-electron chi connectivity index (χ3n) is 3.07. The van der Waals surface area contributed by atoms with Crippen LogP contribution in [-0.4, -0.2) is 22.4 Å². The average Bonchev–Trinajstić information content (AvgIpc) is 2.41. The molecule has 5 heteroatoms. The molecule has 1 heterocycles. The molecule has 5 nitrogen and oxygen atoms in total. The normalized spacial score (nSPS) is 10.3. The highest BCUT2D eigenvalue weighted by Gasteiger charge is 2.12. The van der Waals surface area contributed by atoms with Gasteiger partial charge >= 0.3 is 0 Å². The lowest BCUT2D eigenvalue weighted by atomic mass is 10.1. The summed E-state index contributed by atoms with van der Waals surface area (Å²) in [6.07, 6.45) is 1.59. The van der Waals surface area contributed by atoms with Crippen molar-refractivity contribution in [3.63, 3.8) is 0 Å². The number of carbonyl (C=O) groups is 1. The van der Waals surface area contributed by atoms with Gasteiger partial charge in [-0.05, 0) is 23.8 Å². The number of aryl methyl sites for hydroxylation is 1. The molecule has 0 aliphatic rings. The number of pyridine rings is 1. The Hall–Kier alpha value is -2.56. The van der Waals surface area contributed by atoms with Gasteiger partial charge in [-0.15, -0.1) is 0 Å². The molecule has 0 atom stereocenters. The van der Waals surface area contributed by atoms with Crippen molar-refractivity contribution < 1.29 is 4.79 Å². The molecule has 0 aliphatic carbocycles. The zero-order chi connectivity index (χ0) is 14.7. The van der Waals surface area contributed by atoms with Gasteiger partial charge in [-0.3, -0.25) is 9.59 Å². The van der Waals surface area contributed by atoms with Crippen molar-refractivity contribution in [2.24, 2.45) is 7.05 Å². The fourth-order valence-electron chi connectivity index (χ4n) is 1.94. The molecule has 104 valence electrons. The molecule has 20 heavy (non-hydrogen) atoms. The average molecular weight is 271 g/mol. The smallest absolute Gasteiger partial charge is 0.254 e. The van der Waals surface area contributed by atoms with E-state index in [1.807, 2.05) is 18.2 Å². The summed E-state index contributed by atoms with van der Waals surface area (Å²) in [5, 5.41) is 0. The van der Waals surface area contributed by atoms with Crippen molar-refractivity contribution in [1.82, 2.24) is 9.47 Å². The Kier molecular flexibility index (Phi) is 3.89. The zero-order valence-electron chi connectivity index (χ0n) is 11.5. The number of hydrogen-bond acceptors (Lipinski definition) is 3. The molecule has 2 rings (SSSR count). The molecule has 1 aromatic heterocycles. The number of aromatic nitrogens is 1. The molecule has 0 unspecified atom stereocenters. The number of nitrogens with two attached hydrogens (primary N) is 1. The Balaban J connectivity index is 2.16. The predicted octanol–water partition coefficient (Wildman–Crippen LogP) is 1.24. The molecule has 2 N–H and O–H groups in total. The Labute approximate surface area is 117 Å². The van der Waals surface area contributed by atoms with Crippen LogP contribution in [0.4, 0.5) is 5.69 Å². The van der Waals surface area contributed by atoms with Gasteiger partial charge in [0.25, 0.3) is 11.5 Å². The highest BCUT2D eigenvalue weighted by Crippen LogP contribution is 2.10. The number of nitrogens with zero attached hydrogens (tertiary/aromatic N) is 2. The number of amides is 1. The minimum absolute atomic E-state index is 0.190. The van der Waals surface area contributed by atoms with Gasteiger partial charge in [0.1, 0.15) is 0 Å². The van der Waals surface area contributed by atoms with Crippen molar-refractivity contribution >= 4 is 11.6 Å². The van der Waals surface area contributed by atoms with Crippen LogP contribution in [0.25, 0.3) is 0 Å². The van der Waals surface area contributed by atoms with Crippen molar-refractivity contribution in [3.05, 3.63) is 64.1 Å². The molecule has 1 aromatic carbocycles. The van der Waals surface area contributed by atoms with Gasteiger partial charge in [0.15, 0.2) is 0 Å². The maximum Gasteiger partial charge on any atom is 0.254 e. The van der Waals surface area contributed by atoms with Crippen molar-refractivity contribution in [2.45, 2.75) is 6.54 Å². The largest absolute Gasteiger partial charge is 0.399 e. The van der Waals surface area contributed by atoms with E-state index in [0.717, 1.165) is 5.56 Å². The van der Waals surface area contributed by atoms with E-state index in [9.17, 15) is 9.59 Å². The van der Waals surface area contributed by atoms with Crippen LogP contribution in [0.2, 0.25) is 0 Å². The van der Waals surface area contributed by atoms with Crippen LogP contribution in [0.5, 0.6) is 0 Å². The third kappa shape index (κ3) is 3.06. The Morgan fingerprint density at radius 2 is 2.05 bits per heavy atom. The molecule has 0 fully saturated rings. The quantitative estimate of drug-likeness (QED) is 0.854. The summed E-state index contributed by atoms with van der Waals surface area (Å²) in [5.74, 6) is -0.190. The van der Waals surface area contributed by atoms with Gasteiger partial charge in [0, 0.05) is 44.2 Å². The van der Waals surface area contributed by atoms with Crippen LogP contribution in [0.1, 0.15) is 15.9 Å². The number of hydrogen-bond donors (Lipinski definition) is 1. The van der Waals surface area contributed by atoms with E-state index in [1.165, 1.54) is 10.6 Å². The number of carbonyl (C=O) groups excluding carboxylic acids is 1. The molecule has 0 radical (unpaired) electrons. The topological polar surface area (TPSA) is 68.3 Å². The standard InChI is InChI=1S/C15H17N3O2/c1-17-7-6-12(9-14(17)19)15(20)18(2)10-11-4-3-5-13(16)8-11/h3-9H,10,16H2,1-2H3. The van der Waals surface area contributed by atoms with E-state index in [2.05, 4.69) is 0 Å². The lowest BCUT2D eigenvalue weighted by Gasteiger charge is -2.17. The zero-order valence-corrected chi connectivity index (χ0v) is 11.5. The van der Waals surface area contributed by atoms with Crippen LogP contribution in [0.15, 0.2) is 47.4 Å². The van der Waals surface area contributed by atoms with Crippen molar-refractivity contribution in [3.8, 4) is 0 Å². The third-order valence-corrected chi connectivity index (χ3v) is 3.07. The summed E-state index contributed by atoms with van der Waals surface area (Å²) in [4.78, 5) is 25.3. The fourth-order valence-corrected chi connectivity index (χ4v) is 1.94. The van der Waals surface area contributed by atoms with Crippen LogP contribution in [0.3, 0.4) is 0 Å². The molecule has 0 bridgehead atoms. The summed E-state index contributed by atoms with van der Waals surface area (Å²) in [5.41, 5.74) is 7.51.